The Kier molecular flexibility index (Phi) is 4.97. The lowest BCUT2D eigenvalue weighted by molar-refractivity contribution is 0.157. The van der Waals surface area contributed by atoms with E-state index in [9.17, 15) is 0 Å². The van der Waals surface area contributed by atoms with Crippen molar-refractivity contribution < 1.29 is 0 Å². The minimum atomic E-state index is 0.586. The molecule has 0 spiro atoms. The van der Waals surface area contributed by atoms with Crippen molar-refractivity contribution in [3.05, 3.63) is 0 Å². The van der Waals surface area contributed by atoms with E-state index in [0.717, 1.165) is 0 Å². The largest absolute Gasteiger partial charge is 0.285 e. The standard InChI is InChI=1S/C12H22N2/c1-3-6-11(2)14(10-9-13)12-7-4-5-8-12/h11-12H,3-8,10H2,1-2H3. The summed E-state index contributed by atoms with van der Waals surface area (Å²) in [5.74, 6) is 0. The third kappa shape index (κ3) is 2.99. The van der Waals surface area contributed by atoms with Crippen LogP contribution >= 0.6 is 0 Å². The maximum Gasteiger partial charge on any atom is 0.0870 e. The van der Waals surface area contributed by atoms with Crippen molar-refractivity contribution in [2.24, 2.45) is 0 Å². The molecule has 80 valence electrons. The van der Waals surface area contributed by atoms with E-state index in [2.05, 4.69) is 24.8 Å². The Labute approximate surface area is 87.9 Å². The Bertz CT molecular complexity index is 189. The summed E-state index contributed by atoms with van der Waals surface area (Å²) in [6.45, 7) is 5.10. The molecule has 0 amide bonds. The number of rotatable bonds is 5. The van der Waals surface area contributed by atoms with Gasteiger partial charge in [-0.3, -0.25) is 4.90 Å². The summed E-state index contributed by atoms with van der Waals surface area (Å²) >= 11 is 0. The van der Waals surface area contributed by atoms with Crippen LogP contribution in [0.5, 0.6) is 0 Å². The second kappa shape index (κ2) is 6.03. The van der Waals surface area contributed by atoms with Crippen molar-refractivity contribution in [1.29, 1.82) is 5.26 Å². The summed E-state index contributed by atoms with van der Waals surface area (Å²) in [5.41, 5.74) is 0. The number of nitriles is 1. The molecule has 0 heterocycles. The normalized spacial score (nSPS) is 19.9. The Hall–Kier alpha value is -0.550. The number of nitrogens with zero attached hydrogens (tertiary/aromatic N) is 2. The van der Waals surface area contributed by atoms with E-state index in [0.29, 0.717) is 18.6 Å². The molecule has 2 nitrogen and oxygen atoms in total. The molecule has 0 aliphatic heterocycles. The molecule has 2 heteroatoms. The fourth-order valence-electron chi connectivity index (χ4n) is 2.55. The SMILES string of the molecule is CCCC(C)N(CC#N)C1CCCC1. The summed E-state index contributed by atoms with van der Waals surface area (Å²) in [6.07, 6.45) is 7.75. The smallest absolute Gasteiger partial charge is 0.0870 e. The Morgan fingerprint density at radius 2 is 2.07 bits per heavy atom. The van der Waals surface area contributed by atoms with Crippen LogP contribution in [-0.4, -0.2) is 23.5 Å². The third-order valence-electron chi connectivity index (χ3n) is 3.32. The third-order valence-corrected chi connectivity index (χ3v) is 3.32. The molecule has 0 N–H and O–H groups in total. The van der Waals surface area contributed by atoms with Gasteiger partial charge in [-0.25, -0.2) is 0 Å². The maximum atomic E-state index is 8.82. The molecular formula is C12H22N2. The van der Waals surface area contributed by atoms with Gasteiger partial charge in [0.05, 0.1) is 12.6 Å². The van der Waals surface area contributed by atoms with E-state index >= 15 is 0 Å². The van der Waals surface area contributed by atoms with Crippen LogP contribution in [0.15, 0.2) is 0 Å². The molecule has 1 aliphatic rings. The minimum absolute atomic E-state index is 0.586. The van der Waals surface area contributed by atoms with E-state index < -0.39 is 0 Å². The van der Waals surface area contributed by atoms with Gasteiger partial charge in [-0.2, -0.15) is 5.26 Å². The first-order valence-corrected chi connectivity index (χ1v) is 5.92. The second-order valence-electron chi connectivity index (χ2n) is 4.41. The zero-order valence-corrected chi connectivity index (χ0v) is 9.50. The van der Waals surface area contributed by atoms with Gasteiger partial charge in [-0.05, 0) is 26.2 Å². The molecule has 0 aromatic carbocycles. The molecule has 0 aromatic rings. The highest BCUT2D eigenvalue weighted by Gasteiger charge is 2.25. The lowest BCUT2D eigenvalue weighted by atomic mass is 10.1. The van der Waals surface area contributed by atoms with Gasteiger partial charge < -0.3 is 0 Å². The average molecular weight is 194 g/mol. The lowest BCUT2D eigenvalue weighted by Gasteiger charge is -2.32. The summed E-state index contributed by atoms with van der Waals surface area (Å²) in [4.78, 5) is 2.41. The summed E-state index contributed by atoms with van der Waals surface area (Å²) in [7, 11) is 0. The minimum Gasteiger partial charge on any atom is -0.285 e. The highest BCUT2D eigenvalue weighted by Crippen LogP contribution is 2.25. The quantitative estimate of drug-likeness (QED) is 0.629. The Morgan fingerprint density at radius 1 is 1.43 bits per heavy atom. The Morgan fingerprint density at radius 3 is 2.57 bits per heavy atom. The zero-order chi connectivity index (χ0) is 10.4. The van der Waals surface area contributed by atoms with Crippen molar-refractivity contribution >= 4 is 0 Å². The van der Waals surface area contributed by atoms with Crippen LogP contribution in [0.1, 0.15) is 52.4 Å². The molecule has 0 saturated heterocycles. The van der Waals surface area contributed by atoms with Crippen LogP contribution < -0.4 is 0 Å². The van der Waals surface area contributed by atoms with E-state index in [4.69, 9.17) is 5.26 Å². The van der Waals surface area contributed by atoms with Gasteiger partial charge in [0.25, 0.3) is 0 Å². The van der Waals surface area contributed by atoms with E-state index in [1.54, 1.807) is 0 Å². The van der Waals surface area contributed by atoms with Gasteiger partial charge in [0, 0.05) is 12.1 Å². The summed E-state index contributed by atoms with van der Waals surface area (Å²) in [5, 5.41) is 8.82. The topological polar surface area (TPSA) is 27.0 Å². The van der Waals surface area contributed by atoms with Crippen LogP contribution in [0, 0.1) is 11.3 Å². The predicted octanol–water partition coefficient (Wildman–Crippen LogP) is 2.94. The van der Waals surface area contributed by atoms with E-state index in [1.165, 1.54) is 38.5 Å². The van der Waals surface area contributed by atoms with Crippen molar-refractivity contribution in [2.45, 2.75) is 64.5 Å². The van der Waals surface area contributed by atoms with Gasteiger partial charge in [-0.15, -0.1) is 0 Å². The fourth-order valence-corrected chi connectivity index (χ4v) is 2.55. The molecule has 1 rings (SSSR count). The van der Waals surface area contributed by atoms with Crippen molar-refractivity contribution in [3.8, 4) is 6.07 Å². The highest BCUT2D eigenvalue weighted by molar-refractivity contribution is 4.87. The highest BCUT2D eigenvalue weighted by atomic mass is 15.2. The summed E-state index contributed by atoms with van der Waals surface area (Å²) in [6, 6.07) is 3.59. The molecule has 1 aliphatic carbocycles. The fraction of sp³-hybridized carbons (Fsp3) is 0.917. The average Bonchev–Trinajstić information content (AvgIpc) is 2.67. The maximum absolute atomic E-state index is 8.82. The van der Waals surface area contributed by atoms with Crippen LogP contribution in [0.3, 0.4) is 0 Å². The molecule has 14 heavy (non-hydrogen) atoms. The van der Waals surface area contributed by atoms with Crippen LogP contribution in [0.2, 0.25) is 0 Å². The van der Waals surface area contributed by atoms with Crippen molar-refractivity contribution in [1.82, 2.24) is 4.90 Å². The van der Waals surface area contributed by atoms with Gasteiger partial charge in [-0.1, -0.05) is 26.2 Å². The van der Waals surface area contributed by atoms with Crippen LogP contribution in [-0.2, 0) is 0 Å². The Balaban J connectivity index is 2.48. The molecule has 0 bridgehead atoms. The van der Waals surface area contributed by atoms with E-state index in [-0.39, 0.29) is 0 Å². The first-order valence-electron chi connectivity index (χ1n) is 5.92. The van der Waals surface area contributed by atoms with Crippen molar-refractivity contribution in [3.63, 3.8) is 0 Å². The van der Waals surface area contributed by atoms with Crippen molar-refractivity contribution in [2.75, 3.05) is 6.54 Å². The van der Waals surface area contributed by atoms with Gasteiger partial charge in [0.15, 0.2) is 0 Å². The zero-order valence-electron chi connectivity index (χ0n) is 9.50. The number of hydrogen-bond donors (Lipinski definition) is 0. The van der Waals surface area contributed by atoms with E-state index in [1.807, 2.05) is 0 Å². The van der Waals surface area contributed by atoms with Gasteiger partial charge >= 0.3 is 0 Å². The predicted molar refractivity (Wildman–Crippen MR) is 58.9 cm³/mol. The van der Waals surface area contributed by atoms with Crippen LogP contribution in [0.4, 0.5) is 0 Å². The monoisotopic (exact) mass is 194 g/mol. The first-order chi connectivity index (χ1) is 6.79. The molecule has 0 radical (unpaired) electrons. The molecule has 1 fully saturated rings. The second-order valence-corrected chi connectivity index (χ2v) is 4.41. The first kappa shape index (κ1) is 11.5. The molecular weight excluding hydrogens is 172 g/mol. The lowest BCUT2D eigenvalue weighted by Crippen LogP contribution is -2.40. The van der Waals surface area contributed by atoms with Gasteiger partial charge in [0.2, 0.25) is 0 Å². The van der Waals surface area contributed by atoms with Crippen LogP contribution in [0.25, 0.3) is 0 Å². The molecule has 1 unspecified atom stereocenters. The molecule has 1 saturated carbocycles. The molecule has 1 atom stereocenters. The summed E-state index contributed by atoms with van der Waals surface area (Å²) < 4.78 is 0. The molecule has 0 aromatic heterocycles. The number of hydrogen-bond acceptors (Lipinski definition) is 2. The van der Waals surface area contributed by atoms with Gasteiger partial charge in [0.1, 0.15) is 0 Å².